The summed E-state index contributed by atoms with van der Waals surface area (Å²) in [7, 11) is 0. The van der Waals surface area contributed by atoms with E-state index in [0.717, 1.165) is 6.42 Å². The third-order valence-corrected chi connectivity index (χ3v) is 1.37. The van der Waals surface area contributed by atoms with Gasteiger partial charge < -0.3 is 9.41 Å². The van der Waals surface area contributed by atoms with Crippen LogP contribution >= 0.6 is 0 Å². The van der Waals surface area contributed by atoms with Crippen LogP contribution in [0.2, 0.25) is 0 Å². The molecule has 0 atom stereocenters. The number of hydrogen-bond donors (Lipinski definition) is 0. The van der Waals surface area contributed by atoms with Crippen LogP contribution in [0.15, 0.2) is 17.2 Å². The Kier molecular flexibility index (Phi) is 12.2. The van der Waals surface area contributed by atoms with E-state index in [0.29, 0.717) is 0 Å². The second-order valence-electron chi connectivity index (χ2n) is 1.96. The molecule has 0 aromatic carbocycles. The van der Waals surface area contributed by atoms with Crippen LogP contribution in [0.5, 0.6) is 0 Å². The normalized spacial score (nSPS) is 13.4. The molecule has 55 valence electrons. The van der Waals surface area contributed by atoms with E-state index in [-0.39, 0.29) is 35.6 Å². The molecule has 1 aliphatic rings. The first-order valence-corrected chi connectivity index (χ1v) is 2.55. The maximum atomic E-state index is 3.12. The van der Waals surface area contributed by atoms with Gasteiger partial charge in [0.2, 0.25) is 0 Å². The first-order valence-electron chi connectivity index (χ1n) is 2.55. The molecule has 0 bridgehead atoms. The fourth-order valence-electron chi connectivity index (χ4n) is 0.634. The Bertz CT molecular complexity index is 139. The van der Waals surface area contributed by atoms with E-state index in [2.05, 4.69) is 26.0 Å². The van der Waals surface area contributed by atoms with Gasteiger partial charge >= 0.3 is 26.2 Å². The van der Waals surface area contributed by atoms with E-state index in [4.69, 9.17) is 0 Å². The molecule has 1 rings (SSSR count). The van der Waals surface area contributed by atoms with Gasteiger partial charge in [0, 0.05) is 0 Å². The van der Waals surface area contributed by atoms with Gasteiger partial charge in [0.1, 0.15) is 0 Å². The number of hydrogen-bond acceptors (Lipinski definition) is 0. The van der Waals surface area contributed by atoms with Crippen molar-refractivity contribution in [2.75, 3.05) is 0 Å². The molecule has 0 aromatic heterocycles. The summed E-state index contributed by atoms with van der Waals surface area (Å²) >= 11 is 0. The van der Waals surface area contributed by atoms with Gasteiger partial charge in [-0.3, -0.25) is 6.08 Å². The van der Waals surface area contributed by atoms with E-state index < -0.39 is 0 Å². The minimum absolute atomic E-state index is 0. The van der Waals surface area contributed by atoms with Gasteiger partial charge in [-0.2, -0.15) is 6.08 Å². The van der Waals surface area contributed by atoms with Gasteiger partial charge in [-0.25, -0.2) is 11.1 Å². The molecule has 0 saturated heterocycles. The van der Waals surface area contributed by atoms with E-state index in [1.807, 2.05) is 0 Å². The summed E-state index contributed by atoms with van der Waals surface area (Å²) in [5, 5.41) is 0. The molecule has 1 radical (unpaired) electrons. The SMILES string of the molecule is CC1=C(C)CC=[C-]1.[F-].[F-].[Zr+3]. The molecule has 0 aromatic rings. The van der Waals surface area contributed by atoms with E-state index in [1.165, 1.54) is 11.1 Å². The molecule has 0 amide bonds. The first kappa shape index (κ1) is 16.7. The van der Waals surface area contributed by atoms with Gasteiger partial charge in [0.05, 0.1) is 0 Å². The number of rotatable bonds is 0. The van der Waals surface area contributed by atoms with Gasteiger partial charge in [0.25, 0.3) is 0 Å². The molecule has 0 spiro atoms. The summed E-state index contributed by atoms with van der Waals surface area (Å²) in [4.78, 5) is 0. The van der Waals surface area contributed by atoms with Crippen molar-refractivity contribution in [2.45, 2.75) is 20.3 Å². The second kappa shape index (κ2) is 7.33. The van der Waals surface area contributed by atoms with Crippen LogP contribution in [0, 0.1) is 6.08 Å². The second-order valence-corrected chi connectivity index (χ2v) is 1.96. The van der Waals surface area contributed by atoms with Crippen LogP contribution < -0.4 is 9.41 Å². The van der Waals surface area contributed by atoms with Crippen molar-refractivity contribution >= 4 is 0 Å². The average molecular weight is 222 g/mol. The number of halogens is 2. The van der Waals surface area contributed by atoms with E-state index >= 15 is 0 Å². The molecule has 0 saturated carbocycles. The Hall–Kier alpha value is 0.223. The monoisotopic (exact) mass is 221 g/mol. The van der Waals surface area contributed by atoms with Crippen LogP contribution in [-0.4, -0.2) is 0 Å². The van der Waals surface area contributed by atoms with Crippen LogP contribution in [0.4, 0.5) is 0 Å². The smallest absolute Gasteiger partial charge is 1.00 e. The van der Waals surface area contributed by atoms with Crippen LogP contribution in [-0.2, 0) is 26.2 Å². The van der Waals surface area contributed by atoms with E-state index in [9.17, 15) is 0 Å². The van der Waals surface area contributed by atoms with Crippen LogP contribution in [0.1, 0.15) is 20.3 Å². The van der Waals surface area contributed by atoms with Crippen molar-refractivity contribution in [2.24, 2.45) is 0 Å². The predicted octanol–water partition coefficient (Wildman–Crippen LogP) is -3.91. The van der Waals surface area contributed by atoms with Crippen molar-refractivity contribution in [1.29, 1.82) is 0 Å². The zero-order chi connectivity index (χ0) is 5.28. The Morgan fingerprint density at radius 1 is 1.30 bits per heavy atom. The molecule has 0 unspecified atom stereocenters. The molecule has 0 aliphatic heterocycles. The van der Waals surface area contributed by atoms with Gasteiger partial charge in [-0.15, -0.1) is 6.92 Å². The molecule has 0 nitrogen and oxygen atoms in total. The van der Waals surface area contributed by atoms with Crippen molar-refractivity contribution in [3.63, 3.8) is 0 Å². The summed E-state index contributed by atoms with van der Waals surface area (Å²) in [5.74, 6) is 0. The van der Waals surface area contributed by atoms with E-state index in [1.54, 1.807) is 0 Å². The summed E-state index contributed by atoms with van der Waals surface area (Å²) in [5.41, 5.74) is 2.78. The van der Waals surface area contributed by atoms with Crippen molar-refractivity contribution < 1.29 is 35.6 Å². The Morgan fingerprint density at radius 3 is 1.90 bits per heavy atom. The summed E-state index contributed by atoms with van der Waals surface area (Å²) in [6, 6.07) is 0. The zero-order valence-corrected chi connectivity index (χ0v) is 8.50. The summed E-state index contributed by atoms with van der Waals surface area (Å²) in [6.07, 6.45) is 6.31. The molecule has 0 fully saturated rings. The van der Waals surface area contributed by atoms with Crippen molar-refractivity contribution in [3.05, 3.63) is 23.3 Å². The topological polar surface area (TPSA) is 0 Å². The molecule has 1 aliphatic carbocycles. The van der Waals surface area contributed by atoms with Gasteiger partial charge in [0.15, 0.2) is 0 Å². The molecule has 3 heteroatoms. The maximum absolute atomic E-state index is 3.12. The minimum Gasteiger partial charge on any atom is -1.00 e. The van der Waals surface area contributed by atoms with Crippen LogP contribution in [0.25, 0.3) is 0 Å². The van der Waals surface area contributed by atoms with Gasteiger partial charge in [-0.1, -0.05) is 13.3 Å². The maximum Gasteiger partial charge on any atom is 3.00 e. The molecule has 0 N–H and O–H groups in total. The molecule has 10 heavy (non-hydrogen) atoms. The Labute approximate surface area is 79.2 Å². The summed E-state index contributed by atoms with van der Waals surface area (Å²) in [6.45, 7) is 4.24. The first-order chi connectivity index (χ1) is 3.30. The molecule has 0 heterocycles. The molecular weight excluding hydrogens is 213 g/mol. The Balaban J connectivity index is -0.000000163. The third kappa shape index (κ3) is 4.11. The quantitative estimate of drug-likeness (QED) is 0.368. The third-order valence-electron chi connectivity index (χ3n) is 1.37. The average Bonchev–Trinajstić information content (AvgIpc) is 1.91. The Morgan fingerprint density at radius 2 is 1.80 bits per heavy atom. The molecular formula is C7H9F2Zr. The minimum atomic E-state index is 0. The fourth-order valence-corrected chi connectivity index (χ4v) is 0.634. The largest absolute Gasteiger partial charge is 3.00 e. The predicted molar refractivity (Wildman–Crippen MR) is 30.8 cm³/mol. The van der Waals surface area contributed by atoms with Crippen LogP contribution in [0.3, 0.4) is 0 Å². The summed E-state index contributed by atoms with van der Waals surface area (Å²) < 4.78 is 0. The van der Waals surface area contributed by atoms with Gasteiger partial charge in [-0.05, 0) is 0 Å². The standard InChI is InChI=1S/C7H9.2FH.Zr/c1-6-4-3-5-7(6)2;;;/h3H,4H2,1-2H3;2*1H;/q-1;;;+3/p-2. The van der Waals surface area contributed by atoms with Crippen molar-refractivity contribution in [1.82, 2.24) is 0 Å². The van der Waals surface area contributed by atoms with Crippen molar-refractivity contribution in [3.8, 4) is 0 Å². The zero-order valence-electron chi connectivity index (χ0n) is 6.04. The number of allylic oxidation sites excluding steroid dienone is 4. The fraction of sp³-hybridized carbons (Fsp3) is 0.429.